The molecule has 1 fully saturated rings. The number of para-hydroxylation sites is 1. The van der Waals surface area contributed by atoms with E-state index in [9.17, 15) is 10.2 Å². The van der Waals surface area contributed by atoms with Gasteiger partial charge < -0.3 is 31.3 Å². The van der Waals surface area contributed by atoms with Crippen LogP contribution in [-0.4, -0.2) is 78.6 Å². The number of fused-ring (bicyclic) bond motifs is 1. The maximum Gasteiger partial charge on any atom is 0.193 e. The average molecular weight is 577 g/mol. The lowest BCUT2D eigenvalue weighted by Crippen LogP contribution is -2.32. The van der Waals surface area contributed by atoms with Gasteiger partial charge in [0, 0.05) is 24.5 Å². The van der Waals surface area contributed by atoms with Crippen molar-refractivity contribution in [2.45, 2.75) is 43.8 Å². The first-order chi connectivity index (χ1) is 20.1. The molecule has 6 N–H and O–H groups in total. The van der Waals surface area contributed by atoms with Gasteiger partial charge in [0.2, 0.25) is 0 Å². The number of aliphatic imine (C=N–C) groups is 1. The van der Waals surface area contributed by atoms with E-state index in [0.717, 1.165) is 37.2 Å². The Hall–Kier alpha value is -3.71. The number of ether oxygens (including phenoxy) is 1. The molecule has 5 rings (SSSR count). The number of anilines is 2. The Morgan fingerprint density at radius 3 is 2.59 bits per heavy atom. The number of hydrogen-bond acceptors (Lipinski definition) is 9. The van der Waals surface area contributed by atoms with Crippen LogP contribution in [0.4, 0.5) is 11.5 Å². The van der Waals surface area contributed by atoms with E-state index in [2.05, 4.69) is 42.7 Å². The standard InChI is InChI=1S/C29H36N8O3S/c30-29(36-21-12-5-2-6-13-21)32-15-8-16-41-17-22-24(38)25(39)28(40-22)37-19-35-23-26(33-18-34-27(23)37)31-14-7-11-20-9-3-1-4-10-20/h1-6,9-10,12-13,18-19,22,24-25,28,38-39H,7-8,11,14-17H2,(H3,30,32,36)(H,31,33,34)/t22-,24-,25-,28-/m1/s1. The van der Waals surface area contributed by atoms with E-state index >= 15 is 0 Å². The molecule has 3 heterocycles. The number of aliphatic hydroxyl groups excluding tert-OH is 2. The van der Waals surface area contributed by atoms with Crippen molar-refractivity contribution in [3.63, 3.8) is 0 Å². The van der Waals surface area contributed by atoms with Crippen molar-refractivity contribution < 1.29 is 14.9 Å². The number of thioether (sulfide) groups is 1. The quantitative estimate of drug-likeness (QED) is 0.0911. The number of aliphatic hydroxyl groups is 2. The number of imidazole rings is 1. The highest BCUT2D eigenvalue weighted by Gasteiger charge is 2.44. The van der Waals surface area contributed by atoms with Crippen molar-refractivity contribution >= 4 is 40.4 Å². The van der Waals surface area contributed by atoms with Gasteiger partial charge in [-0.2, -0.15) is 11.8 Å². The van der Waals surface area contributed by atoms with Gasteiger partial charge in [0.25, 0.3) is 0 Å². The molecule has 1 saturated heterocycles. The van der Waals surface area contributed by atoms with Gasteiger partial charge in [0.1, 0.15) is 18.5 Å². The van der Waals surface area contributed by atoms with Gasteiger partial charge in [-0.1, -0.05) is 48.5 Å². The van der Waals surface area contributed by atoms with Crippen molar-refractivity contribution in [3.05, 3.63) is 78.9 Å². The highest BCUT2D eigenvalue weighted by atomic mass is 32.2. The van der Waals surface area contributed by atoms with E-state index in [1.807, 2.05) is 48.5 Å². The smallest absolute Gasteiger partial charge is 0.193 e. The fraction of sp³-hybridized carbons (Fsp3) is 0.379. The van der Waals surface area contributed by atoms with Crippen LogP contribution in [0, 0.1) is 0 Å². The maximum atomic E-state index is 10.8. The van der Waals surface area contributed by atoms with Crippen molar-refractivity contribution in [2.24, 2.45) is 10.7 Å². The van der Waals surface area contributed by atoms with Gasteiger partial charge in [-0.15, -0.1) is 0 Å². The fourth-order valence-corrected chi connectivity index (χ4v) is 5.69. The third-order valence-electron chi connectivity index (χ3n) is 6.80. The molecular weight excluding hydrogens is 540 g/mol. The summed E-state index contributed by atoms with van der Waals surface area (Å²) in [5.41, 5.74) is 9.26. The van der Waals surface area contributed by atoms with Gasteiger partial charge in [0.15, 0.2) is 29.2 Å². The highest BCUT2D eigenvalue weighted by Crippen LogP contribution is 2.33. The van der Waals surface area contributed by atoms with E-state index in [4.69, 9.17) is 10.5 Å². The molecule has 12 heteroatoms. The lowest BCUT2D eigenvalue weighted by molar-refractivity contribution is -0.0289. The Kier molecular flexibility index (Phi) is 10.0. The summed E-state index contributed by atoms with van der Waals surface area (Å²) in [4.78, 5) is 17.6. The van der Waals surface area contributed by atoms with Gasteiger partial charge in [-0.3, -0.25) is 9.56 Å². The Labute approximate surface area is 243 Å². The summed E-state index contributed by atoms with van der Waals surface area (Å²) >= 11 is 1.64. The molecule has 0 radical (unpaired) electrons. The van der Waals surface area contributed by atoms with Crippen molar-refractivity contribution in [3.8, 4) is 0 Å². The molecule has 0 spiro atoms. The fourth-order valence-electron chi connectivity index (χ4n) is 4.68. The molecule has 2 aromatic carbocycles. The topological polar surface area (TPSA) is 156 Å². The largest absolute Gasteiger partial charge is 0.387 e. The second-order valence-corrected chi connectivity index (χ2v) is 10.9. The Bertz CT molecular complexity index is 1410. The summed E-state index contributed by atoms with van der Waals surface area (Å²) in [5.74, 6) is 2.36. The molecular formula is C29H36N8O3S. The van der Waals surface area contributed by atoms with Gasteiger partial charge in [-0.05, 0) is 42.7 Å². The molecule has 41 heavy (non-hydrogen) atoms. The summed E-state index contributed by atoms with van der Waals surface area (Å²) in [6, 6.07) is 20.0. The lowest BCUT2D eigenvalue weighted by Gasteiger charge is -2.16. The number of aromatic nitrogens is 4. The molecule has 4 aromatic rings. The first kappa shape index (κ1) is 28.8. The van der Waals surface area contributed by atoms with Gasteiger partial charge >= 0.3 is 0 Å². The summed E-state index contributed by atoms with van der Waals surface area (Å²) in [6.45, 7) is 1.32. The minimum Gasteiger partial charge on any atom is -0.387 e. The second-order valence-electron chi connectivity index (χ2n) is 9.79. The zero-order valence-electron chi connectivity index (χ0n) is 22.7. The van der Waals surface area contributed by atoms with Crippen LogP contribution in [0.2, 0.25) is 0 Å². The van der Waals surface area contributed by atoms with Crippen molar-refractivity contribution in [1.29, 1.82) is 0 Å². The van der Waals surface area contributed by atoms with E-state index in [1.54, 1.807) is 22.7 Å². The summed E-state index contributed by atoms with van der Waals surface area (Å²) in [7, 11) is 0. The lowest BCUT2D eigenvalue weighted by atomic mass is 10.1. The molecule has 0 amide bonds. The number of nitrogens with two attached hydrogens (primary N) is 1. The minimum atomic E-state index is -1.11. The van der Waals surface area contributed by atoms with E-state index in [-0.39, 0.29) is 0 Å². The van der Waals surface area contributed by atoms with Gasteiger partial charge in [0.05, 0.1) is 12.4 Å². The normalized spacial score (nSPS) is 20.9. The molecule has 4 atom stereocenters. The number of aryl methyl sites for hydroxylation is 1. The number of rotatable bonds is 13. The zero-order chi connectivity index (χ0) is 28.4. The molecule has 0 unspecified atom stereocenters. The second kappa shape index (κ2) is 14.3. The molecule has 216 valence electrons. The van der Waals surface area contributed by atoms with E-state index in [0.29, 0.717) is 35.2 Å². The monoisotopic (exact) mass is 576 g/mol. The summed E-state index contributed by atoms with van der Waals surface area (Å²) in [6.07, 6.45) is 2.32. The predicted octanol–water partition coefficient (Wildman–Crippen LogP) is 3.04. The van der Waals surface area contributed by atoms with Crippen LogP contribution in [0.25, 0.3) is 11.2 Å². The maximum absolute atomic E-state index is 10.8. The Balaban J connectivity index is 1.09. The van der Waals surface area contributed by atoms with Crippen LogP contribution in [-0.2, 0) is 11.2 Å². The minimum absolute atomic E-state index is 0.378. The summed E-state index contributed by atoms with van der Waals surface area (Å²) < 4.78 is 7.77. The molecule has 2 aromatic heterocycles. The highest BCUT2D eigenvalue weighted by molar-refractivity contribution is 7.99. The predicted molar refractivity (Wildman–Crippen MR) is 163 cm³/mol. The third-order valence-corrected chi connectivity index (χ3v) is 7.95. The van der Waals surface area contributed by atoms with Crippen LogP contribution in [0.15, 0.2) is 78.3 Å². The molecule has 1 aliphatic rings. The van der Waals surface area contributed by atoms with Crippen LogP contribution in [0.3, 0.4) is 0 Å². The number of hydrogen-bond donors (Lipinski definition) is 5. The first-order valence-electron chi connectivity index (χ1n) is 13.8. The van der Waals surface area contributed by atoms with E-state index < -0.39 is 24.5 Å². The zero-order valence-corrected chi connectivity index (χ0v) is 23.5. The average Bonchev–Trinajstić information content (AvgIpc) is 3.55. The van der Waals surface area contributed by atoms with Gasteiger partial charge in [-0.25, -0.2) is 15.0 Å². The summed E-state index contributed by atoms with van der Waals surface area (Å²) in [5, 5.41) is 27.9. The number of benzene rings is 2. The number of nitrogens with zero attached hydrogens (tertiary/aromatic N) is 5. The number of guanidine groups is 1. The molecule has 0 aliphatic carbocycles. The first-order valence-corrected chi connectivity index (χ1v) is 14.9. The SMILES string of the molecule is NC(=NCCCSC[C@H]1O[C@@H](n2cnc3c(NCCCc4ccccc4)ncnc32)[C@H](O)[C@@H]1O)Nc1ccccc1. The molecule has 1 aliphatic heterocycles. The molecule has 0 saturated carbocycles. The van der Waals surface area contributed by atoms with Crippen molar-refractivity contribution in [1.82, 2.24) is 19.5 Å². The Morgan fingerprint density at radius 1 is 1.00 bits per heavy atom. The van der Waals surface area contributed by atoms with Crippen LogP contribution >= 0.6 is 11.8 Å². The van der Waals surface area contributed by atoms with Crippen LogP contribution < -0.4 is 16.4 Å². The molecule has 0 bridgehead atoms. The van der Waals surface area contributed by atoms with Crippen molar-refractivity contribution in [2.75, 3.05) is 35.2 Å². The van der Waals surface area contributed by atoms with E-state index in [1.165, 1.54) is 11.9 Å². The van der Waals surface area contributed by atoms with Crippen LogP contribution in [0.5, 0.6) is 0 Å². The molecule has 11 nitrogen and oxygen atoms in total. The number of nitrogens with one attached hydrogen (secondary N) is 2. The Morgan fingerprint density at radius 2 is 1.78 bits per heavy atom. The third kappa shape index (κ3) is 7.53. The van der Waals surface area contributed by atoms with Crippen LogP contribution in [0.1, 0.15) is 24.6 Å².